The van der Waals surface area contributed by atoms with E-state index < -0.39 is 35.7 Å². The van der Waals surface area contributed by atoms with Crippen molar-refractivity contribution in [2.75, 3.05) is 14.1 Å². The Bertz CT molecular complexity index is 1890. The van der Waals surface area contributed by atoms with Crippen LogP contribution in [0.4, 0.5) is 0 Å². The van der Waals surface area contributed by atoms with Gasteiger partial charge in [-0.15, -0.1) is 0 Å². The van der Waals surface area contributed by atoms with Gasteiger partial charge in [0.15, 0.2) is 23.0 Å². The van der Waals surface area contributed by atoms with Crippen molar-refractivity contribution in [2.45, 2.75) is 167 Å². The Morgan fingerprint density at radius 2 is 0.766 bits per heavy atom. The van der Waals surface area contributed by atoms with E-state index >= 15 is 0 Å². The molecule has 6 unspecified atom stereocenters. The van der Waals surface area contributed by atoms with Crippen LogP contribution in [0.2, 0.25) is 0 Å². The second-order valence-corrected chi connectivity index (χ2v) is 18.5. The van der Waals surface area contributed by atoms with Gasteiger partial charge in [0.05, 0.1) is 50.1 Å². The number of ether oxygens (including phenoxy) is 6. The smallest absolute Gasteiger partial charge is 0.311 e. The molecule has 4 aliphatic heterocycles. The fraction of sp³-hybridized carbons (Fsp3) is 0.625. The summed E-state index contributed by atoms with van der Waals surface area (Å²) in [6.07, 6.45) is 8.52. The summed E-state index contributed by atoms with van der Waals surface area (Å²) < 4.78 is 36.0. The van der Waals surface area contributed by atoms with Crippen molar-refractivity contribution in [2.24, 2.45) is 11.8 Å². The lowest BCUT2D eigenvalue weighted by Crippen LogP contribution is -3.00. The van der Waals surface area contributed by atoms with Crippen molar-refractivity contribution < 1.29 is 100 Å². The van der Waals surface area contributed by atoms with Crippen LogP contribution in [-0.4, -0.2) is 95.3 Å². The number of quaternary nitrogens is 2. The first-order valence-electron chi connectivity index (χ1n) is 22.8. The molecule has 1 saturated carbocycles. The van der Waals surface area contributed by atoms with Crippen LogP contribution in [-0.2, 0) is 51.3 Å². The van der Waals surface area contributed by atoms with E-state index in [-0.39, 0.29) is 131 Å². The summed E-state index contributed by atoms with van der Waals surface area (Å²) >= 11 is 0. The molecule has 5 fully saturated rings. The minimum atomic E-state index is -0.496. The summed E-state index contributed by atoms with van der Waals surface area (Å²) in [7, 11) is 4.49. The van der Waals surface area contributed by atoms with Gasteiger partial charge in [-0.05, 0) is 49.2 Å². The van der Waals surface area contributed by atoms with Gasteiger partial charge in [0.2, 0.25) is 0 Å². The molecule has 4 heterocycles. The maximum atomic E-state index is 13.7. The molecule has 352 valence electrons. The third-order valence-electron chi connectivity index (χ3n) is 14.7. The molecule has 7 rings (SSSR count). The predicted octanol–water partition coefficient (Wildman–Crippen LogP) is 1.05. The number of halogens is 2. The first kappa shape index (κ1) is 51.1. The molecule has 6 atom stereocenters. The molecule has 0 amide bonds. The van der Waals surface area contributed by atoms with E-state index in [4.69, 9.17) is 28.4 Å². The average Bonchev–Trinajstić information content (AvgIpc) is 3.45. The molecule has 64 heavy (non-hydrogen) atoms. The number of nitrogens with zero attached hydrogens (tertiary/aromatic N) is 2. The quantitative estimate of drug-likeness (QED) is 0.134. The van der Waals surface area contributed by atoms with E-state index in [0.29, 0.717) is 25.9 Å². The number of piperidine rings is 2. The Morgan fingerprint density at radius 1 is 0.469 bits per heavy atom. The van der Waals surface area contributed by atoms with Crippen molar-refractivity contribution in [3.63, 3.8) is 0 Å². The highest BCUT2D eigenvalue weighted by Crippen LogP contribution is 2.47. The van der Waals surface area contributed by atoms with Crippen molar-refractivity contribution in [1.82, 2.24) is 0 Å². The SMILES string of the molecule is CCC(=O)Oc1ccc(C[N+]2(C)C3CCC2CC(OC(=O)C2CCC2C(=O)OC2CC4CCC(C2)[N+]4(C)Cc2ccc(OC(=O)CC)c(OC(=O)CC)c2)C3)cc1OC(=O)CC.[Br-].[Br-]. The van der Waals surface area contributed by atoms with Crippen LogP contribution >= 0.6 is 0 Å². The molecule has 0 aromatic heterocycles. The first-order chi connectivity index (χ1) is 29.7. The van der Waals surface area contributed by atoms with Gasteiger partial charge in [-0.1, -0.05) is 27.7 Å². The van der Waals surface area contributed by atoms with Gasteiger partial charge >= 0.3 is 35.8 Å². The van der Waals surface area contributed by atoms with Crippen molar-refractivity contribution in [1.29, 1.82) is 0 Å². The predicted molar refractivity (Wildman–Crippen MR) is 224 cm³/mol. The Morgan fingerprint density at radius 3 is 1.05 bits per heavy atom. The fourth-order valence-corrected chi connectivity index (χ4v) is 10.9. The Balaban J connectivity index is 0.00000385. The Hall–Kier alpha value is -3.86. The number of hydrogen-bond donors (Lipinski definition) is 0. The molecule has 5 aliphatic rings. The number of fused-ring (bicyclic) bond motifs is 4. The van der Waals surface area contributed by atoms with E-state index in [9.17, 15) is 28.8 Å². The lowest BCUT2D eigenvalue weighted by molar-refractivity contribution is -0.961. The zero-order valence-electron chi connectivity index (χ0n) is 37.9. The van der Waals surface area contributed by atoms with E-state index in [1.807, 2.05) is 12.1 Å². The second-order valence-electron chi connectivity index (χ2n) is 18.5. The summed E-state index contributed by atoms with van der Waals surface area (Å²) in [6, 6.07) is 11.9. The Labute approximate surface area is 397 Å². The van der Waals surface area contributed by atoms with Crippen LogP contribution in [0.15, 0.2) is 36.4 Å². The Kier molecular flexibility index (Phi) is 17.3. The van der Waals surface area contributed by atoms with Gasteiger partial charge in [0.25, 0.3) is 0 Å². The van der Waals surface area contributed by atoms with Crippen molar-refractivity contribution >= 4 is 35.8 Å². The van der Waals surface area contributed by atoms with Crippen LogP contribution < -0.4 is 52.9 Å². The number of rotatable bonds is 16. The lowest BCUT2D eigenvalue weighted by Gasteiger charge is -2.47. The van der Waals surface area contributed by atoms with Gasteiger partial charge in [-0.3, -0.25) is 28.8 Å². The van der Waals surface area contributed by atoms with E-state index in [2.05, 4.69) is 14.1 Å². The molecule has 0 N–H and O–H groups in total. The summed E-state index contributed by atoms with van der Waals surface area (Å²) in [4.78, 5) is 75.9. The minimum Gasteiger partial charge on any atom is -1.00 e. The van der Waals surface area contributed by atoms with Crippen LogP contribution in [0.3, 0.4) is 0 Å². The lowest BCUT2D eigenvalue weighted by atomic mass is 9.73. The highest BCUT2D eigenvalue weighted by Gasteiger charge is 2.55. The average molecular weight is 1020 g/mol. The second kappa shape index (κ2) is 21.6. The number of carbonyl (C=O) groups excluding carboxylic acids is 6. The molecule has 4 bridgehead atoms. The molecule has 2 aromatic rings. The third-order valence-corrected chi connectivity index (χ3v) is 14.7. The standard InChI is InChI=1S/C48H64N2O12.2BrH/c1-7-43(51)59-39-19-11-29(21-41(39)61-45(53)9-3)27-49(5)31-13-14-32(49)24-35(23-31)57-47(55)37-17-18-38(37)48(56)58-36-25-33-15-16-34(26-36)50(33,6)28-30-12-20-40(60-44(52)8-2)42(22-30)62-46(54)10-4;;/h11-12,19-22,31-38H,7-10,13-18,23-28H2,1-6H3;2*1H/q+2;;/p-2. The summed E-state index contributed by atoms with van der Waals surface area (Å²) in [6.45, 7) is 8.22. The molecule has 2 aromatic carbocycles. The van der Waals surface area contributed by atoms with Gasteiger partial charge in [0, 0.05) is 88.2 Å². The van der Waals surface area contributed by atoms with E-state index in [0.717, 1.165) is 71.5 Å². The summed E-state index contributed by atoms with van der Waals surface area (Å²) in [5, 5.41) is 0. The minimum absolute atomic E-state index is 0. The molecule has 1 aliphatic carbocycles. The first-order valence-corrected chi connectivity index (χ1v) is 22.8. The number of benzene rings is 2. The van der Waals surface area contributed by atoms with Crippen molar-refractivity contribution in [3.05, 3.63) is 47.5 Å². The van der Waals surface area contributed by atoms with Crippen LogP contribution in [0.5, 0.6) is 23.0 Å². The van der Waals surface area contributed by atoms with Gasteiger partial charge < -0.3 is 71.4 Å². The summed E-state index contributed by atoms with van der Waals surface area (Å²) in [5.41, 5.74) is 1.93. The van der Waals surface area contributed by atoms with Crippen LogP contribution in [0.1, 0.15) is 129 Å². The molecular weight excluding hydrogens is 956 g/mol. The maximum Gasteiger partial charge on any atom is 0.311 e. The number of esters is 6. The maximum absolute atomic E-state index is 13.7. The zero-order valence-corrected chi connectivity index (χ0v) is 41.1. The van der Waals surface area contributed by atoms with E-state index in [1.165, 1.54) is 0 Å². The summed E-state index contributed by atoms with van der Waals surface area (Å²) in [5.74, 6) is -2.29. The van der Waals surface area contributed by atoms with Gasteiger partial charge in [-0.2, -0.15) is 0 Å². The monoisotopic (exact) mass is 1020 g/mol. The van der Waals surface area contributed by atoms with Gasteiger partial charge in [0.1, 0.15) is 25.3 Å². The number of carbonyl (C=O) groups is 6. The highest BCUT2D eigenvalue weighted by molar-refractivity contribution is 5.84. The fourth-order valence-electron chi connectivity index (χ4n) is 10.9. The zero-order chi connectivity index (χ0) is 44.3. The molecule has 4 saturated heterocycles. The molecule has 16 heteroatoms. The molecule has 0 radical (unpaired) electrons. The molecule has 0 spiro atoms. The third kappa shape index (κ3) is 11.0. The molecule has 14 nitrogen and oxygen atoms in total. The van der Waals surface area contributed by atoms with Gasteiger partial charge in [-0.25, -0.2) is 0 Å². The van der Waals surface area contributed by atoms with Crippen LogP contribution in [0.25, 0.3) is 0 Å². The van der Waals surface area contributed by atoms with Crippen molar-refractivity contribution in [3.8, 4) is 23.0 Å². The largest absolute Gasteiger partial charge is 1.00 e. The normalized spacial score (nSPS) is 29.7. The van der Waals surface area contributed by atoms with Crippen LogP contribution in [0, 0.1) is 11.8 Å². The topological polar surface area (TPSA) is 158 Å². The number of hydrogen-bond acceptors (Lipinski definition) is 12. The molecular formula is C48H64Br2N2O12. The van der Waals surface area contributed by atoms with E-state index in [1.54, 1.807) is 52.0 Å². The highest BCUT2D eigenvalue weighted by atomic mass is 79.9.